The highest BCUT2D eigenvalue weighted by atomic mass is 14.7. The van der Waals surface area contributed by atoms with Crippen LogP contribution in [-0.2, 0) is 0 Å². The Bertz CT molecular complexity index is 832. The van der Waals surface area contributed by atoms with Crippen molar-refractivity contribution in [1.82, 2.24) is 4.98 Å². The van der Waals surface area contributed by atoms with Gasteiger partial charge in [0.2, 0.25) is 0 Å². The van der Waals surface area contributed by atoms with Crippen molar-refractivity contribution in [1.29, 1.82) is 5.41 Å². The summed E-state index contributed by atoms with van der Waals surface area (Å²) in [7, 11) is 0. The fraction of sp³-hybridized carbons (Fsp3) is 0.333. The number of rotatable bonds is 5. The third-order valence-corrected chi connectivity index (χ3v) is 5.02. The Kier molecular flexibility index (Phi) is 5.82. The van der Waals surface area contributed by atoms with Crippen LogP contribution < -0.4 is 0 Å². The number of hydrogen-bond acceptors (Lipinski definition) is 2. The van der Waals surface area contributed by atoms with Crippen molar-refractivity contribution >= 4 is 11.3 Å². The molecule has 0 saturated heterocycles. The van der Waals surface area contributed by atoms with Crippen molar-refractivity contribution in [2.75, 3.05) is 0 Å². The van der Waals surface area contributed by atoms with E-state index in [4.69, 9.17) is 10.4 Å². The maximum Gasteiger partial charge on any atom is 0.0701 e. The fourth-order valence-electron chi connectivity index (χ4n) is 3.56. The first-order chi connectivity index (χ1) is 12.6. The summed E-state index contributed by atoms with van der Waals surface area (Å²) in [5.41, 5.74) is 6.60. The van der Waals surface area contributed by atoms with Gasteiger partial charge in [0.1, 0.15) is 0 Å². The van der Waals surface area contributed by atoms with Gasteiger partial charge >= 0.3 is 0 Å². The highest BCUT2D eigenvalue weighted by molar-refractivity contribution is 6.08. The van der Waals surface area contributed by atoms with Crippen molar-refractivity contribution in [2.24, 2.45) is 0 Å². The first kappa shape index (κ1) is 18.3. The molecule has 26 heavy (non-hydrogen) atoms. The maximum atomic E-state index is 8.10. The van der Waals surface area contributed by atoms with Crippen LogP contribution in [0.25, 0.3) is 5.57 Å². The molecule has 3 rings (SSSR count). The van der Waals surface area contributed by atoms with Crippen LogP contribution in [0, 0.1) is 5.41 Å². The fourth-order valence-corrected chi connectivity index (χ4v) is 3.56. The lowest BCUT2D eigenvalue weighted by Gasteiger charge is -2.22. The van der Waals surface area contributed by atoms with Gasteiger partial charge in [-0.15, -0.1) is 0 Å². The first-order valence-corrected chi connectivity index (χ1v) is 9.57. The number of aromatic nitrogens is 1. The van der Waals surface area contributed by atoms with Crippen molar-refractivity contribution in [3.8, 4) is 0 Å². The third kappa shape index (κ3) is 4.01. The molecule has 1 N–H and O–H groups in total. The van der Waals surface area contributed by atoms with E-state index >= 15 is 0 Å². The van der Waals surface area contributed by atoms with Crippen molar-refractivity contribution in [3.05, 3.63) is 83.3 Å². The lowest BCUT2D eigenvalue weighted by atomic mass is 9.83. The van der Waals surface area contributed by atoms with Gasteiger partial charge in [0, 0.05) is 12.1 Å². The van der Waals surface area contributed by atoms with Gasteiger partial charge in [-0.05, 0) is 66.5 Å². The highest BCUT2D eigenvalue weighted by Gasteiger charge is 2.19. The summed E-state index contributed by atoms with van der Waals surface area (Å²) in [6.07, 6.45) is 22.2. The van der Waals surface area contributed by atoms with Gasteiger partial charge in [0.15, 0.2) is 0 Å². The quantitative estimate of drug-likeness (QED) is 0.608. The van der Waals surface area contributed by atoms with Crippen LogP contribution in [0.5, 0.6) is 0 Å². The summed E-state index contributed by atoms with van der Waals surface area (Å²) in [6.45, 7) is 6.41. The van der Waals surface area contributed by atoms with E-state index in [9.17, 15) is 0 Å². The second kappa shape index (κ2) is 8.27. The van der Waals surface area contributed by atoms with Crippen molar-refractivity contribution in [3.63, 3.8) is 0 Å². The molecule has 0 saturated carbocycles. The number of nitrogens with zero attached hydrogens (tertiary/aromatic N) is 1. The third-order valence-electron chi connectivity index (χ3n) is 5.02. The SMILES string of the molecule is C/C=C\C(=N)C1=CCC(c2cc(C3=CCCC=C3)ncc2C(C)C)C=C1. The zero-order valence-corrected chi connectivity index (χ0v) is 16.0. The number of allylic oxidation sites excluding steroid dienone is 10. The molecule has 1 atom stereocenters. The predicted octanol–water partition coefficient (Wildman–Crippen LogP) is 6.50. The van der Waals surface area contributed by atoms with Crippen LogP contribution in [-0.4, -0.2) is 10.7 Å². The van der Waals surface area contributed by atoms with Gasteiger partial charge in [0.05, 0.1) is 11.4 Å². The van der Waals surface area contributed by atoms with Gasteiger partial charge in [-0.2, -0.15) is 0 Å². The van der Waals surface area contributed by atoms with Crippen molar-refractivity contribution in [2.45, 2.75) is 51.9 Å². The lowest BCUT2D eigenvalue weighted by molar-refractivity contribution is 0.778. The van der Waals surface area contributed by atoms with E-state index in [0.29, 0.717) is 17.5 Å². The molecule has 2 aliphatic carbocycles. The van der Waals surface area contributed by atoms with E-state index in [0.717, 1.165) is 30.5 Å². The predicted molar refractivity (Wildman–Crippen MR) is 112 cm³/mol. The average Bonchev–Trinajstić information content (AvgIpc) is 2.68. The topological polar surface area (TPSA) is 36.7 Å². The summed E-state index contributed by atoms with van der Waals surface area (Å²) in [4.78, 5) is 4.74. The molecule has 1 aromatic heterocycles. The van der Waals surface area contributed by atoms with Crippen LogP contribution in [0.1, 0.15) is 68.7 Å². The molecule has 2 nitrogen and oxygen atoms in total. The molecule has 2 heteroatoms. The molecule has 134 valence electrons. The largest absolute Gasteiger partial charge is 0.300 e. The van der Waals surface area contributed by atoms with Crippen LogP contribution in [0.3, 0.4) is 0 Å². The molecule has 0 amide bonds. The zero-order chi connectivity index (χ0) is 18.5. The first-order valence-electron chi connectivity index (χ1n) is 9.57. The van der Waals surface area contributed by atoms with Crippen LogP contribution >= 0.6 is 0 Å². The molecule has 1 aromatic rings. The Morgan fingerprint density at radius 2 is 2.08 bits per heavy atom. The van der Waals surface area contributed by atoms with E-state index in [2.05, 4.69) is 62.6 Å². The molecule has 1 unspecified atom stereocenters. The second-order valence-corrected chi connectivity index (χ2v) is 7.27. The minimum Gasteiger partial charge on any atom is -0.300 e. The van der Waals surface area contributed by atoms with E-state index < -0.39 is 0 Å². The van der Waals surface area contributed by atoms with E-state index in [1.54, 1.807) is 0 Å². The molecule has 0 radical (unpaired) electrons. The minimum atomic E-state index is 0.351. The van der Waals surface area contributed by atoms with Gasteiger partial charge in [0.25, 0.3) is 0 Å². The molecule has 0 fully saturated rings. The molecule has 0 bridgehead atoms. The van der Waals surface area contributed by atoms with Gasteiger partial charge < -0.3 is 5.41 Å². The number of hydrogen-bond donors (Lipinski definition) is 1. The Balaban J connectivity index is 1.91. The number of pyridine rings is 1. The minimum absolute atomic E-state index is 0.351. The maximum absolute atomic E-state index is 8.10. The molecular formula is C24H28N2. The summed E-state index contributed by atoms with van der Waals surface area (Å²) in [5.74, 6) is 0.798. The summed E-state index contributed by atoms with van der Waals surface area (Å²) in [5, 5.41) is 8.10. The van der Waals surface area contributed by atoms with Gasteiger partial charge in [-0.1, -0.05) is 56.4 Å². The Labute approximate surface area is 157 Å². The standard InChI is InChI=1S/C24H28N2/c1-4-8-23(25)19-13-11-18(12-14-19)21-15-24(20-9-6-5-7-10-20)26-16-22(21)17(2)3/h4,6,8-11,13-18,25H,5,7,12H2,1-3H3/b8-4-,25-23?. The monoisotopic (exact) mass is 344 g/mol. The van der Waals surface area contributed by atoms with Gasteiger partial charge in [-0.25, -0.2) is 0 Å². The molecule has 1 heterocycles. The normalized spacial score (nSPS) is 19.8. The smallest absolute Gasteiger partial charge is 0.0701 e. The Morgan fingerprint density at radius 1 is 1.23 bits per heavy atom. The lowest BCUT2D eigenvalue weighted by Crippen LogP contribution is -2.08. The molecule has 2 aliphatic rings. The molecular weight excluding hydrogens is 316 g/mol. The van der Waals surface area contributed by atoms with Crippen LogP contribution in [0.2, 0.25) is 0 Å². The van der Waals surface area contributed by atoms with E-state index in [1.807, 2.05) is 19.1 Å². The average molecular weight is 345 g/mol. The molecule has 0 spiro atoms. The molecule has 0 aliphatic heterocycles. The summed E-state index contributed by atoms with van der Waals surface area (Å²) >= 11 is 0. The van der Waals surface area contributed by atoms with E-state index in [-0.39, 0.29) is 0 Å². The Hall–Kier alpha value is -2.48. The molecule has 0 aromatic carbocycles. The van der Waals surface area contributed by atoms with E-state index in [1.165, 1.54) is 16.7 Å². The van der Waals surface area contributed by atoms with Crippen LogP contribution in [0.15, 0.2) is 66.4 Å². The number of nitrogens with one attached hydrogen (secondary N) is 1. The van der Waals surface area contributed by atoms with Crippen molar-refractivity contribution < 1.29 is 0 Å². The van der Waals surface area contributed by atoms with Gasteiger partial charge in [-0.3, -0.25) is 4.98 Å². The summed E-state index contributed by atoms with van der Waals surface area (Å²) in [6, 6.07) is 2.28. The highest BCUT2D eigenvalue weighted by Crippen LogP contribution is 2.34. The zero-order valence-electron chi connectivity index (χ0n) is 16.0. The van der Waals surface area contributed by atoms with Crippen LogP contribution in [0.4, 0.5) is 0 Å². The summed E-state index contributed by atoms with van der Waals surface area (Å²) < 4.78 is 0. The Morgan fingerprint density at radius 3 is 2.69 bits per heavy atom. The second-order valence-electron chi connectivity index (χ2n) is 7.27.